The lowest BCUT2D eigenvalue weighted by atomic mass is 10.1. The van der Waals surface area contributed by atoms with Crippen LogP contribution < -0.4 is 19.1 Å². The van der Waals surface area contributed by atoms with Gasteiger partial charge in [-0.2, -0.15) is 0 Å². The lowest BCUT2D eigenvalue weighted by molar-refractivity contribution is -0.114. The van der Waals surface area contributed by atoms with Gasteiger partial charge in [0.25, 0.3) is 10.0 Å². The molecule has 0 aliphatic heterocycles. The maximum atomic E-state index is 13.9. The van der Waals surface area contributed by atoms with E-state index in [9.17, 15) is 13.2 Å². The first-order valence-electron chi connectivity index (χ1n) is 12.0. The fourth-order valence-corrected chi connectivity index (χ4v) is 5.72. The zero-order valence-corrected chi connectivity index (χ0v) is 22.6. The van der Waals surface area contributed by atoms with Crippen molar-refractivity contribution in [2.75, 3.05) is 23.3 Å². The number of amides is 1. The number of nitrogens with one attached hydrogen (secondary N) is 1. The van der Waals surface area contributed by atoms with Gasteiger partial charge in [0.1, 0.15) is 28.7 Å². The van der Waals surface area contributed by atoms with Gasteiger partial charge in [0, 0.05) is 5.69 Å². The Balaban J connectivity index is 1.61. The number of hydrogen-bond donors (Lipinski definition) is 1. The lowest BCUT2D eigenvalue weighted by Crippen LogP contribution is -2.38. The van der Waals surface area contributed by atoms with Crippen molar-refractivity contribution in [3.05, 3.63) is 108 Å². The Labute approximate surface area is 223 Å². The molecule has 0 saturated heterocycles. The van der Waals surface area contributed by atoms with Crippen molar-refractivity contribution in [1.82, 2.24) is 0 Å². The number of para-hydroxylation sites is 1. The van der Waals surface area contributed by atoms with Gasteiger partial charge < -0.3 is 14.8 Å². The molecule has 0 heterocycles. The summed E-state index contributed by atoms with van der Waals surface area (Å²) in [6.07, 6.45) is 0. The Bertz CT molecular complexity index is 1510. The van der Waals surface area contributed by atoms with Crippen molar-refractivity contribution >= 4 is 27.3 Å². The normalized spacial score (nSPS) is 11.1. The van der Waals surface area contributed by atoms with Gasteiger partial charge in [-0.15, -0.1) is 0 Å². The third-order valence-corrected chi connectivity index (χ3v) is 7.58. The van der Waals surface area contributed by atoms with Gasteiger partial charge in [0.15, 0.2) is 0 Å². The number of anilines is 2. The maximum absolute atomic E-state index is 13.9. The largest absolute Gasteiger partial charge is 0.495 e. The van der Waals surface area contributed by atoms with Crippen LogP contribution in [-0.4, -0.2) is 28.0 Å². The quantitative estimate of drug-likeness (QED) is 0.277. The van der Waals surface area contributed by atoms with E-state index in [0.717, 1.165) is 21.0 Å². The molecule has 0 aliphatic rings. The van der Waals surface area contributed by atoms with Crippen LogP contribution in [0.3, 0.4) is 0 Å². The van der Waals surface area contributed by atoms with Gasteiger partial charge in [-0.3, -0.25) is 9.10 Å². The number of hydrogen-bond acceptors (Lipinski definition) is 5. The molecule has 1 N–H and O–H groups in total. The summed E-state index contributed by atoms with van der Waals surface area (Å²) in [6, 6.07) is 26.6. The van der Waals surface area contributed by atoms with Crippen molar-refractivity contribution in [1.29, 1.82) is 0 Å². The minimum atomic E-state index is -4.15. The SMILES string of the molecule is COc1ccc(C)cc1S(=O)(=O)N(CC(=O)Nc1ccc(Oc2ccccc2)cc1)c1cc(C)cc(C)c1. The van der Waals surface area contributed by atoms with E-state index in [1.807, 2.05) is 50.2 Å². The van der Waals surface area contributed by atoms with Gasteiger partial charge in [-0.05, 0) is 98.1 Å². The maximum Gasteiger partial charge on any atom is 0.268 e. The first kappa shape index (κ1) is 26.8. The Hall–Kier alpha value is -4.30. The molecule has 0 bridgehead atoms. The van der Waals surface area contributed by atoms with Crippen molar-refractivity contribution in [3.63, 3.8) is 0 Å². The van der Waals surface area contributed by atoms with E-state index >= 15 is 0 Å². The molecule has 0 unspecified atom stereocenters. The number of carbonyl (C=O) groups is 1. The summed E-state index contributed by atoms with van der Waals surface area (Å²) < 4.78 is 40.2. The Kier molecular flexibility index (Phi) is 8.02. The fourth-order valence-electron chi connectivity index (χ4n) is 4.08. The predicted molar refractivity (Wildman–Crippen MR) is 150 cm³/mol. The number of rotatable bonds is 9. The monoisotopic (exact) mass is 530 g/mol. The molecule has 8 heteroatoms. The van der Waals surface area contributed by atoms with Crippen molar-refractivity contribution < 1.29 is 22.7 Å². The predicted octanol–water partition coefficient (Wildman–Crippen LogP) is 6.25. The summed E-state index contributed by atoms with van der Waals surface area (Å²) in [5.74, 6) is 1.03. The van der Waals surface area contributed by atoms with Gasteiger partial charge in [-0.25, -0.2) is 8.42 Å². The van der Waals surface area contributed by atoms with Crippen LogP contribution in [-0.2, 0) is 14.8 Å². The average Bonchev–Trinajstić information content (AvgIpc) is 2.88. The highest BCUT2D eigenvalue weighted by atomic mass is 32.2. The molecule has 38 heavy (non-hydrogen) atoms. The van der Waals surface area contributed by atoms with Crippen LogP contribution in [0.25, 0.3) is 0 Å². The number of methoxy groups -OCH3 is 1. The fraction of sp³-hybridized carbons (Fsp3) is 0.167. The zero-order valence-electron chi connectivity index (χ0n) is 21.8. The Morgan fingerprint density at radius 3 is 2.05 bits per heavy atom. The Morgan fingerprint density at radius 2 is 1.42 bits per heavy atom. The molecule has 7 nitrogen and oxygen atoms in total. The second kappa shape index (κ2) is 11.4. The van der Waals surface area contributed by atoms with E-state index in [-0.39, 0.29) is 10.6 Å². The van der Waals surface area contributed by atoms with E-state index < -0.39 is 22.5 Å². The number of carbonyl (C=O) groups excluding carboxylic acids is 1. The van der Waals surface area contributed by atoms with E-state index in [0.29, 0.717) is 22.9 Å². The second-order valence-electron chi connectivity index (χ2n) is 9.00. The van der Waals surface area contributed by atoms with Gasteiger partial charge >= 0.3 is 0 Å². The van der Waals surface area contributed by atoms with E-state index in [4.69, 9.17) is 9.47 Å². The van der Waals surface area contributed by atoms with E-state index in [1.54, 1.807) is 61.5 Å². The molecule has 0 fully saturated rings. The third-order valence-electron chi connectivity index (χ3n) is 5.79. The second-order valence-corrected chi connectivity index (χ2v) is 10.8. The van der Waals surface area contributed by atoms with E-state index in [1.165, 1.54) is 7.11 Å². The topological polar surface area (TPSA) is 84.9 Å². The minimum absolute atomic E-state index is 0.00521. The molecule has 196 valence electrons. The van der Waals surface area contributed by atoms with Gasteiger partial charge in [0.05, 0.1) is 12.8 Å². The zero-order chi connectivity index (χ0) is 27.3. The summed E-state index contributed by atoms with van der Waals surface area (Å²) in [5, 5.41) is 2.79. The van der Waals surface area contributed by atoms with Crippen molar-refractivity contribution in [3.8, 4) is 17.2 Å². The lowest BCUT2D eigenvalue weighted by Gasteiger charge is -2.26. The number of benzene rings is 4. The van der Waals surface area contributed by atoms with Crippen LogP contribution >= 0.6 is 0 Å². The summed E-state index contributed by atoms with van der Waals surface area (Å²) in [4.78, 5) is 13.2. The smallest absolute Gasteiger partial charge is 0.268 e. The van der Waals surface area contributed by atoms with Crippen LogP contribution in [0, 0.1) is 20.8 Å². The molecule has 4 aromatic carbocycles. The van der Waals surface area contributed by atoms with Crippen LogP contribution in [0.15, 0.2) is 95.9 Å². The first-order valence-corrected chi connectivity index (χ1v) is 13.5. The van der Waals surface area contributed by atoms with Crippen molar-refractivity contribution in [2.45, 2.75) is 25.7 Å². The molecule has 1 amide bonds. The standard InChI is InChI=1S/C30H30N2O5S/c1-21-10-15-28(36-4)29(19-21)38(34,35)32(25-17-22(2)16-23(3)18-25)20-30(33)31-24-11-13-27(14-12-24)37-26-8-6-5-7-9-26/h5-19H,20H2,1-4H3,(H,31,33). The third kappa shape index (κ3) is 6.33. The number of ether oxygens (including phenoxy) is 2. The molecule has 4 rings (SSSR count). The first-order chi connectivity index (χ1) is 18.2. The van der Waals surface area contributed by atoms with Gasteiger partial charge in [-0.1, -0.05) is 30.3 Å². The molecular weight excluding hydrogens is 500 g/mol. The molecule has 0 aliphatic carbocycles. The molecule has 4 aromatic rings. The van der Waals surface area contributed by atoms with Gasteiger partial charge in [0.2, 0.25) is 5.91 Å². The van der Waals surface area contributed by atoms with E-state index in [2.05, 4.69) is 5.32 Å². The number of nitrogens with zero attached hydrogens (tertiary/aromatic N) is 1. The molecule has 0 radical (unpaired) electrons. The molecule has 0 spiro atoms. The minimum Gasteiger partial charge on any atom is -0.495 e. The van der Waals surface area contributed by atoms with Crippen molar-refractivity contribution in [2.24, 2.45) is 0 Å². The average molecular weight is 531 g/mol. The number of sulfonamides is 1. The molecule has 0 atom stereocenters. The summed E-state index contributed by atoms with van der Waals surface area (Å²) >= 11 is 0. The van der Waals surface area contributed by atoms with Crippen LogP contribution in [0.4, 0.5) is 11.4 Å². The highest BCUT2D eigenvalue weighted by molar-refractivity contribution is 7.93. The molecule has 0 aromatic heterocycles. The Morgan fingerprint density at radius 1 is 0.789 bits per heavy atom. The highest BCUT2D eigenvalue weighted by Crippen LogP contribution is 2.32. The highest BCUT2D eigenvalue weighted by Gasteiger charge is 2.30. The molecule has 0 saturated carbocycles. The van der Waals surface area contributed by atoms with Crippen LogP contribution in [0.5, 0.6) is 17.2 Å². The summed E-state index contributed by atoms with van der Waals surface area (Å²) in [5.41, 5.74) is 3.43. The summed E-state index contributed by atoms with van der Waals surface area (Å²) in [6.45, 7) is 5.14. The summed E-state index contributed by atoms with van der Waals surface area (Å²) in [7, 11) is -2.73. The van der Waals surface area contributed by atoms with Crippen LogP contribution in [0.2, 0.25) is 0 Å². The van der Waals surface area contributed by atoms with Crippen LogP contribution in [0.1, 0.15) is 16.7 Å². The number of aryl methyl sites for hydroxylation is 3. The molecular formula is C30H30N2O5S.